The lowest BCUT2D eigenvalue weighted by molar-refractivity contribution is -0.171. The summed E-state index contributed by atoms with van der Waals surface area (Å²) in [5.41, 5.74) is -1.26. The van der Waals surface area contributed by atoms with Gasteiger partial charge in [-0.3, -0.25) is 19.2 Å². The van der Waals surface area contributed by atoms with E-state index in [1.54, 1.807) is 0 Å². The van der Waals surface area contributed by atoms with Crippen molar-refractivity contribution in [2.24, 2.45) is 58.7 Å². The SMILES string of the molecule is CC(C)CCCC(C)CCCC(C)CC(=O)OCC(COC(=O)CCN1CCN(C)CC1)(COC(=O)CC(C)CCCC(C)CCCC(C)C)COC(=O)CC(C)CCCC(C)CCCC(C)C. The Labute approximate surface area is 419 Å². The van der Waals surface area contributed by atoms with E-state index in [9.17, 15) is 19.2 Å². The molecule has 1 aliphatic heterocycles. The number of ether oxygens (including phenoxy) is 4. The molecule has 68 heavy (non-hydrogen) atoms. The van der Waals surface area contributed by atoms with Crippen LogP contribution >= 0.6 is 0 Å². The second-order valence-corrected chi connectivity index (χ2v) is 24.0. The molecule has 0 aromatic heterocycles. The zero-order valence-electron chi connectivity index (χ0n) is 46.8. The minimum absolute atomic E-state index is 0.136. The van der Waals surface area contributed by atoms with Crippen LogP contribution in [0.5, 0.6) is 0 Å². The van der Waals surface area contributed by atoms with Gasteiger partial charge in [0, 0.05) is 52.0 Å². The number of rotatable bonds is 41. The monoisotopic (exact) mass is 963 g/mol. The van der Waals surface area contributed by atoms with Gasteiger partial charge < -0.3 is 28.7 Å². The lowest BCUT2D eigenvalue weighted by Gasteiger charge is -2.33. The van der Waals surface area contributed by atoms with Crippen LogP contribution in [0, 0.1) is 58.7 Å². The van der Waals surface area contributed by atoms with Gasteiger partial charge in [0.1, 0.15) is 31.8 Å². The smallest absolute Gasteiger partial charge is 0.307 e. The maximum absolute atomic E-state index is 13.5. The van der Waals surface area contributed by atoms with Gasteiger partial charge in [0.15, 0.2) is 0 Å². The van der Waals surface area contributed by atoms with Crippen molar-refractivity contribution in [3.05, 3.63) is 0 Å². The van der Waals surface area contributed by atoms with Crippen molar-refractivity contribution in [1.82, 2.24) is 9.80 Å². The first-order chi connectivity index (χ1) is 32.2. The summed E-state index contributed by atoms with van der Waals surface area (Å²) in [5.74, 6) is 3.13. The minimum atomic E-state index is -1.26. The fourth-order valence-corrected chi connectivity index (χ4v) is 9.41. The highest BCUT2D eigenvalue weighted by Gasteiger charge is 2.38. The molecular weight excluding hydrogens is 853 g/mol. The molecule has 400 valence electrons. The highest BCUT2D eigenvalue weighted by molar-refractivity contribution is 5.71. The molecule has 1 fully saturated rings. The van der Waals surface area contributed by atoms with E-state index in [1.165, 1.54) is 57.8 Å². The maximum Gasteiger partial charge on any atom is 0.307 e. The third kappa shape index (κ3) is 35.0. The molecule has 0 aliphatic carbocycles. The molecule has 1 saturated heterocycles. The second-order valence-electron chi connectivity index (χ2n) is 24.0. The van der Waals surface area contributed by atoms with Crippen molar-refractivity contribution < 1.29 is 38.1 Å². The zero-order chi connectivity index (χ0) is 50.9. The van der Waals surface area contributed by atoms with E-state index in [1.807, 2.05) is 0 Å². The summed E-state index contributed by atoms with van der Waals surface area (Å²) in [7, 11) is 2.10. The third-order valence-corrected chi connectivity index (χ3v) is 14.5. The predicted molar refractivity (Wildman–Crippen MR) is 281 cm³/mol. The molecule has 0 saturated carbocycles. The number of esters is 4. The van der Waals surface area contributed by atoms with Gasteiger partial charge in [-0.2, -0.15) is 0 Å². The van der Waals surface area contributed by atoms with Crippen LogP contribution in [0.2, 0.25) is 0 Å². The molecule has 10 nitrogen and oxygen atoms in total. The number of piperazine rings is 1. The third-order valence-electron chi connectivity index (χ3n) is 14.5. The van der Waals surface area contributed by atoms with Crippen molar-refractivity contribution in [3.63, 3.8) is 0 Å². The minimum Gasteiger partial charge on any atom is -0.465 e. The molecule has 6 atom stereocenters. The van der Waals surface area contributed by atoms with E-state index in [2.05, 4.69) is 99.9 Å². The summed E-state index contributed by atoms with van der Waals surface area (Å²) < 4.78 is 24.0. The van der Waals surface area contributed by atoms with Crippen LogP contribution in [-0.4, -0.2) is 99.9 Å². The van der Waals surface area contributed by atoms with Crippen molar-refractivity contribution in [2.75, 3.05) is 66.2 Å². The Balaban J connectivity index is 3.10. The quantitative estimate of drug-likeness (QED) is 0.0434. The van der Waals surface area contributed by atoms with Gasteiger partial charge in [-0.1, -0.05) is 199 Å². The van der Waals surface area contributed by atoms with E-state index in [4.69, 9.17) is 18.9 Å². The summed E-state index contributed by atoms with van der Waals surface area (Å²) in [6.07, 6.45) is 21.6. The lowest BCUT2D eigenvalue weighted by Crippen LogP contribution is -2.45. The van der Waals surface area contributed by atoms with Gasteiger partial charge in [-0.15, -0.1) is 0 Å². The van der Waals surface area contributed by atoms with Crippen LogP contribution in [0.3, 0.4) is 0 Å². The molecule has 10 heteroatoms. The van der Waals surface area contributed by atoms with Crippen LogP contribution in [-0.2, 0) is 38.1 Å². The van der Waals surface area contributed by atoms with Crippen LogP contribution in [0.15, 0.2) is 0 Å². The molecular formula is C58H110N2O8. The number of nitrogens with zero attached hydrogens (tertiary/aromatic N) is 2. The number of carbonyl (C=O) groups is 4. The summed E-state index contributed by atoms with van der Waals surface area (Å²) in [4.78, 5) is 58.5. The van der Waals surface area contributed by atoms with Gasteiger partial charge in [0.25, 0.3) is 0 Å². The first-order valence-electron chi connectivity index (χ1n) is 28.2. The van der Waals surface area contributed by atoms with E-state index >= 15 is 0 Å². The fourth-order valence-electron chi connectivity index (χ4n) is 9.41. The van der Waals surface area contributed by atoms with Gasteiger partial charge in [0.05, 0.1) is 6.42 Å². The Bertz CT molecular complexity index is 1190. The van der Waals surface area contributed by atoms with Crippen molar-refractivity contribution in [3.8, 4) is 0 Å². The fraction of sp³-hybridized carbons (Fsp3) is 0.931. The van der Waals surface area contributed by atoms with Crippen LogP contribution in [0.25, 0.3) is 0 Å². The molecule has 0 spiro atoms. The Morgan fingerprint density at radius 3 is 0.941 bits per heavy atom. The molecule has 0 amide bonds. The Morgan fingerprint density at radius 1 is 0.382 bits per heavy atom. The zero-order valence-corrected chi connectivity index (χ0v) is 46.8. The van der Waals surface area contributed by atoms with Crippen molar-refractivity contribution in [1.29, 1.82) is 0 Å². The first kappa shape index (κ1) is 63.8. The number of hydrogen-bond acceptors (Lipinski definition) is 10. The van der Waals surface area contributed by atoms with E-state index in [0.717, 1.165) is 102 Å². The van der Waals surface area contributed by atoms with E-state index in [0.29, 0.717) is 24.3 Å². The molecule has 0 aromatic rings. The highest BCUT2D eigenvalue weighted by atomic mass is 16.6. The number of likely N-dealkylation sites (N-methyl/N-ethyl adjacent to an activating group) is 1. The van der Waals surface area contributed by atoms with E-state index < -0.39 is 5.41 Å². The Hall–Kier alpha value is -2.20. The Kier molecular flexibility index (Phi) is 35.2. The number of carbonyl (C=O) groups excluding carboxylic acids is 4. The maximum atomic E-state index is 13.5. The van der Waals surface area contributed by atoms with Crippen molar-refractivity contribution >= 4 is 23.9 Å². The lowest BCUT2D eigenvalue weighted by atomic mass is 9.91. The average molecular weight is 964 g/mol. The molecule has 1 rings (SSSR count). The predicted octanol–water partition coefficient (Wildman–Crippen LogP) is 13.8. The van der Waals surface area contributed by atoms with Crippen molar-refractivity contribution in [2.45, 2.75) is 224 Å². The molecule has 0 N–H and O–H groups in total. The largest absolute Gasteiger partial charge is 0.465 e. The second kappa shape index (κ2) is 37.6. The molecule has 6 unspecified atom stereocenters. The molecule has 0 bridgehead atoms. The summed E-state index contributed by atoms with van der Waals surface area (Å²) in [6, 6.07) is 0. The van der Waals surface area contributed by atoms with E-state index in [-0.39, 0.29) is 93.7 Å². The van der Waals surface area contributed by atoms with Gasteiger partial charge in [0.2, 0.25) is 0 Å². The molecule has 1 aliphatic rings. The van der Waals surface area contributed by atoms with Gasteiger partial charge >= 0.3 is 23.9 Å². The summed E-state index contributed by atoms with van der Waals surface area (Å²) >= 11 is 0. The van der Waals surface area contributed by atoms with Gasteiger partial charge in [-0.05, 0) is 60.3 Å². The summed E-state index contributed by atoms with van der Waals surface area (Å²) in [5, 5.41) is 0. The Morgan fingerprint density at radius 2 is 0.647 bits per heavy atom. The first-order valence-corrected chi connectivity index (χ1v) is 28.2. The topological polar surface area (TPSA) is 112 Å². The standard InChI is InChI=1S/C58H110N2O8/c1-45(2)20-14-23-48(7)26-17-29-51(10)38-55(62)66-42-58(41-65-54(61)32-33-60-36-34-59(13)35-37-60,43-67-56(63)39-52(11)30-18-27-49(8)24-15-21-46(3)4)44-68-57(64)40-53(12)31-19-28-50(9)25-16-22-47(5)6/h45-53H,14-44H2,1-13H3. The van der Waals surface area contributed by atoms with Crippen LogP contribution in [0.1, 0.15) is 224 Å². The number of hydrogen-bond donors (Lipinski definition) is 0. The molecule has 0 radical (unpaired) electrons. The summed E-state index contributed by atoms with van der Waals surface area (Å²) in [6.45, 7) is 30.3. The van der Waals surface area contributed by atoms with Gasteiger partial charge in [-0.25, -0.2) is 0 Å². The van der Waals surface area contributed by atoms with Crippen LogP contribution in [0.4, 0.5) is 0 Å². The highest BCUT2D eigenvalue weighted by Crippen LogP contribution is 2.27. The molecule has 1 heterocycles. The average Bonchev–Trinajstić information content (AvgIpc) is 3.25. The normalized spacial score (nSPS) is 17.4. The van der Waals surface area contributed by atoms with Crippen LogP contribution < -0.4 is 0 Å². The molecule has 0 aromatic carbocycles.